The summed E-state index contributed by atoms with van der Waals surface area (Å²) in [6.45, 7) is 9.31. The Kier molecular flexibility index (Phi) is 2.62. The standard InChI is InChI=1S/C8H16S2/c1-6-5-9-7(10-6)8(2,3)4/h6-7H,5H2,1-4H3/t6-,7-/m0/s1. The Balaban J connectivity index is 2.45. The maximum Gasteiger partial charge on any atom is 0.0554 e. The van der Waals surface area contributed by atoms with Crippen LogP contribution in [0.15, 0.2) is 0 Å². The predicted octanol–water partition coefficient (Wildman–Crippen LogP) is 3.23. The van der Waals surface area contributed by atoms with Crippen LogP contribution in [0, 0.1) is 5.41 Å². The SMILES string of the molecule is C[C@H]1CS[C@H](C(C)(C)C)S1. The largest absolute Gasteiger partial charge is 0.146 e. The molecule has 1 fully saturated rings. The fourth-order valence-electron chi connectivity index (χ4n) is 0.967. The highest BCUT2D eigenvalue weighted by atomic mass is 32.2. The van der Waals surface area contributed by atoms with Crippen molar-refractivity contribution in [3.8, 4) is 0 Å². The molecule has 0 bridgehead atoms. The number of thioether (sulfide) groups is 2. The minimum atomic E-state index is 0.486. The van der Waals surface area contributed by atoms with E-state index in [1.807, 2.05) is 0 Å². The minimum absolute atomic E-state index is 0.486. The lowest BCUT2D eigenvalue weighted by molar-refractivity contribution is 0.461. The van der Waals surface area contributed by atoms with Crippen LogP contribution in [0.25, 0.3) is 0 Å². The number of hydrogen-bond donors (Lipinski definition) is 0. The first-order valence-corrected chi connectivity index (χ1v) is 5.76. The van der Waals surface area contributed by atoms with Crippen LogP contribution in [0.1, 0.15) is 27.7 Å². The van der Waals surface area contributed by atoms with Gasteiger partial charge >= 0.3 is 0 Å². The Morgan fingerprint density at radius 3 is 2.10 bits per heavy atom. The van der Waals surface area contributed by atoms with Gasteiger partial charge in [0.25, 0.3) is 0 Å². The summed E-state index contributed by atoms with van der Waals surface area (Å²) in [4.78, 5) is 0. The number of rotatable bonds is 0. The fourth-order valence-corrected chi connectivity index (χ4v) is 4.41. The van der Waals surface area contributed by atoms with Crippen molar-refractivity contribution in [3.05, 3.63) is 0 Å². The van der Waals surface area contributed by atoms with Gasteiger partial charge in [0.05, 0.1) is 4.58 Å². The maximum absolute atomic E-state index is 2.33. The Morgan fingerprint density at radius 1 is 1.30 bits per heavy atom. The Bertz CT molecular complexity index is 115. The van der Waals surface area contributed by atoms with E-state index in [4.69, 9.17) is 0 Å². The van der Waals surface area contributed by atoms with Crippen molar-refractivity contribution in [3.63, 3.8) is 0 Å². The van der Waals surface area contributed by atoms with Crippen molar-refractivity contribution in [2.75, 3.05) is 5.75 Å². The first-order valence-electron chi connectivity index (χ1n) is 3.77. The van der Waals surface area contributed by atoms with E-state index < -0.39 is 0 Å². The van der Waals surface area contributed by atoms with Gasteiger partial charge in [-0.2, -0.15) is 0 Å². The van der Waals surface area contributed by atoms with Gasteiger partial charge in [0.1, 0.15) is 0 Å². The van der Waals surface area contributed by atoms with Gasteiger partial charge in [-0.15, -0.1) is 23.5 Å². The highest BCUT2D eigenvalue weighted by Crippen LogP contribution is 2.46. The van der Waals surface area contributed by atoms with Crippen molar-refractivity contribution in [1.82, 2.24) is 0 Å². The average molecular weight is 176 g/mol. The molecule has 0 amide bonds. The summed E-state index contributed by atoms with van der Waals surface area (Å²) in [5.74, 6) is 1.34. The molecule has 1 saturated heterocycles. The molecule has 1 heterocycles. The van der Waals surface area contributed by atoms with E-state index in [2.05, 4.69) is 51.2 Å². The third-order valence-electron chi connectivity index (χ3n) is 1.55. The molecule has 2 atom stereocenters. The molecule has 1 rings (SSSR count). The molecule has 0 N–H and O–H groups in total. The lowest BCUT2D eigenvalue weighted by Gasteiger charge is -2.24. The van der Waals surface area contributed by atoms with Gasteiger partial charge in [0.15, 0.2) is 0 Å². The van der Waals surface area contributed by atoms with E-state index in [1.54, 1.807) is 0 Å². The first-order chi connectivity index (χ1) is 4.50. The van der Waals surface area contributed by atoms with Gasteiger partial charge in [-0.05, 0) is 5.41 Å². The van der Waals surface area contributed by atoms with Crippen molar-refractivity contribution < 1.29 is 0 Å². The summed E-state index contributed by atoms with van der Waals surface area (Å²) in [6.07, 6.45) is 0. The Labute approximate surface area is 72.5 Å². The molecule has 1 aliphatic heterocycles. The molecule has 0 aromatic carbocycles. The summed E-state index contributed by atoms with van der Waals surface area (Å²) in [6, 6.07) is 0. The van der Waals surface area contributed by atoms with Gasteiger partial charge < -0.3 is 0 Å². The Hall–Kier alpha value is 0.700. The zero-order valence-corrected chi connectivity index (χ0v) is 8.81. The Morgan fingerprint density at radius 2 is 1.90 bits per heavy atom. The smallest absolute Gasteiger partial charge is 0.0554 e. The van der Waals surface area contributed by atoms with Crippen LogP contribution in [0.3, 0.4) is 0 Å². The zero-order valence-electron chi connectivity index (χ0n) is 7.18. The third-order valence-corrected chi connectivity index (χ3v) is 5.79. The van der Waals surface area contributed by atoms with Crippen LogP contribution in [0.4, 0.5) is 0 Å². The molecule has 0 radical (unpaired) electrons. The summed E-state index contributed by atoms with van der Waals surface area (Å²) in [5.41, 5.74) is 0.486. The lowest BCUT2D eigenvalue weighted by atomic mass is 10.0. The van der Waals surface area contributed by atoms with E-state index in [1.165, 1.54) is 5.75 Å². The molecule has 0 nitrogen and oxygen atoms in total. The van der Waals surface area contributed by atoms with Crippen molar-refractivity contribution in [2.24, 2.45) is 5.41 Å². The van der Waals surface area contributed by atoms with Gasteiger partial charge in [-0.1, -0.05) is 27.7 Å². The second-order valence-corrected chi connectivity index (χ2v) is 6.96. The highest BCUT2D eigenvalue weighted by Gasteiger charge is 2.32. The van der Waals surface area contributed by atoms with Crippen molar-refractivity contribution >= 4 is 23.5 Å². The molecule has 1 aliphatic rings. The van der Waals surface area contributed by atoms with Gasteiger partial charge in [0, 0.05) is 11.0 Å². The summed E-state index contributed by atoms with van der Waals surface area (Å²) in [7, 11) is 0. The summed E-state index contributed by atoms with van der Waals surface area (Å²) >= 11 is 4.26. The van der Waals surface area contributed by atoms with E-state index in [0.29, 0.717) is 5.41 Å². The van der Waals surface area contributed by atoms with Crippen molar-refractivity contribution in [1.29, 1.82) is 0 Å². The third kappa shape index (κ3) is 2.09. The van der Waals surface area contributed by atoms with E-state index >= 15 is 0 Å². The maximum atomic E-state index is 2.33. The summed E-state index contributed by atoms with van der Waals surface area (Å²) < 4.78 is 0.822. The fraction of sp³-hybridized carbons (Fsp3) is 1.00. The van der Waals surface area contributed by atoms with Crippen LogP contribution in [-0.4, -0.2) is 15.6 Å². The van der Waals surface area contributed by atoms with Crippen LogP contribution in [-0.2, 0) is 0 Å². The molecule has 0 aromatic rings. The predicted molar refractivity (Wildman–Crippen MR) is 52.8 cm³/mol. The zero-order chi connectivity index (χ0) is 7.78. The molecular weight excluding hydrogens is 160 g/mol. The molecule has 0 aromatic heterocycles. The molecule has 0 unspecified atom stereocenters. The normalized spacial score (nSPS) is 34.8. The van der Waals surface area contributed by atoms with Crippen LogP contribution < -0.4 is 0 Å². The molecule has 0 aliphatic carbocycles. The average Bonchev–Trinajstić information content (AvgIpc) is 2.11. The van der Waals surface area contributed by atoms with E-state index in [9.17, 15) is 0 Å². The van der Waals surface area contributed by atoms with Crippen LogP contribution in [0.5, 0.6) is 0 Å². The second kappa shape index (κ2) is 2.98. The lowest BCUT2D eigenvalue weighted by Crippen LogP contribution is -2.17. The second-order valence-electron chi connectivity index (χ2n) is 3.98. The first kappa shape index (κ1) is 8.79. The highest BCUT2D eigenvalue weighted by molar-refractivity contribution is 8.20. The minimum Gasteiger partial charge on any atom is -0.146 e. The monoisotopic (exact) mass is 176 g/mol. The van der Waals surface area contributed by atoms with Crippen LogP contribution >= 0.6 is 23.5 Å². The van der Waals surface area contributed by atoms with Gasteiger partial charge in [-0.25, -0.2) is 0 Å². The van der Waals surface area contributed by atoms with Crippen molar-refractivity contribution in [2.45, 2.75) is 37.5 Å². The quantitative estimate of drug-likeness (QED) is 0.556. The van der Waals surface area contributed by atoms with Crippen LogP contribution in [0.2, 0.25) is 0 Å². The van der Waals surface area contributed by atoms with E-state index in [0.717, 1.165) is 9.83 Å². The number of hydrogen-bond acceptors (Lipinski definition) is 2. The molecule has 60 valence electrons. The molecule has 10 heavy (non-hydrogen) atoms. The van der Waals surface area contributed by atoms with E-state index in [-0.39, 0.29) is 0 Å². The topological polar surface area (TPSA) is 0 Å². The summed E-state index contributed by atoms with van der Waals surface area (Å²) in [5, 5.41) is 0.870. The molecule has 2 heteroatoms. The van der Waals surface area contributed by atoms with Gasteiger partial charge in [-0.3, -0.25) is 0 Å². The molecule has 0 spiro atoms. The molecular formula is C8H16S2. The van der Waals surface area contributed by atoms with Gasteiger partial charge in [0.2, 0.25) is 0 Å². The molecule has 0 saturated carbocycles.